The number of carbonyl (C=O) groups is 1. The monoisotopic (exact) mass is 481 g/mol. The van der Waals surface area contributed by atoms with E-state index >= 15 is 0 Å². The van der Waals surface area contributed by atoms with Gasteiger partial charge in [0.25, 0.3) is 5.56 Å². The molecule has 0 atom stereocenters. The van der Waals surface area contributed by atoms with Crippen LogP contribution in [0.2, 0.25) is 0 Å². The summed E-state index contributed by atoms with van der Waals surface area (Å²) in [5.74, 6) is 0.767. The molecule has 1 saturated heterocycles. The van der Waals surface area contributed by atoms with Gasteiger partial charge in [-0.15, -0.1) is 11.3 Å². The van der Waals surface area contributed by atoms with E-state index < -0.39 is 0 Å². The molecule has 1 aliphatic heterocycles. The van der Waals surface area contributed by atoms with Crippen molar-refractivity contribution in [3.63, 3.8) is 0 Å². The number of carbonyl (C=O) groups excluding carboxylic acids is 1. The van der Waals surface area contributed by atoms with Gasteiger partial charge in [0.2, 0.25) is 5.91 Å². The van der Waals surface area contributed by atoms with Crippen LogP contribution in [0.4, 0.5) is 0 Å². The molecule has 1 fully saturated rings. The van der Waals surface area contributed by atoms with Crippen LogP contribution in [-0.2, 0) is 11.3 Å². The quantitative estimate of drug-likeness (QED) is 0.581. The van der Waals surface area contributed by atoms with Gasteiger partial charge in [0.1, 0.15) is 10.7 Å². The third-order valence-electron chi connectivity index (χ3n) is 6.06. The number of thiophene rings is 1. The zero-order valence-corrected chi connectivity index (χ0v) is 21.6. The van der Waals surface area contributed by atoms with Crippen LogP contribution in [0.15, 0.2) is 29.1 Å². The Morgan fingerprint density at radius 2 is 1.76 bits per heavy atom. The number of aromatic amines is 1. The molecule has 3 aromatic rings. The van der Waals surface area contributed by atoms with E-state index in [1.807, 2.05) is 20.8 Å². The van der Waals surface area contributed by atoms with E-state index in [0.29, 0.717) is 24.3 Å². The highest BCUT2D eigenvalue weighted by molar-refractivity contribution is 7.19. The Kier molecular flexibility index (Phi) is 7.21. The van der Waals surface area contributed by atoms with Crippen molar-refractivity contribution in [3.05, 3.63) is 50.9 Å². The van der Waals surface area contributed by atoms with Crippen LogP contribution in [0.3, 0.4) is 0 Å². The van der Waals surface area contributed by atoms with E-state index in [0.717, 1.165) is 53.4 Å². The molecule has 1 aliphatic rings. The van der Waals surface area contributed by atoms with Gasteiger partial charge in [-0.2, -0.15) is 0 Å². The van der Waals surface area contributed by atoms with E-state index in [4.69, 9.17) is 4.98 Å². The number of rotatable bonds is 5. The summed E-state index contributed by atoms with van der Waals surface area (Å²) in [6.07, 6.45) is 0.977. The van der Waals surface area contributed by atoms with Crippen LogP contribution >= 0.6 is 11.3 Å². The van der Waals surface area contributed by atoms with Gasteiger partial charge in [0, 0.05) is 29.1 Å². The second kappa shape index (κ2) is 9.98. The van der Waals surface area contributed by atoms with E-state index in [1.54, 1.807) is 11.3 Å². The van der Waals surface area contributed by atoms with Gasteiger partial charge >= 0.3 is 0 Å². The molecule has 4 rings (SSSR count). The summed E-state index contributed by atoms with van der Waals surface area (Å²) in [5.41, 5.74) is 2.94. The van der Waals surface area contributed by atoms with Crippen LogP contribution in [0.25, 0.3) is 21.3 Å². The average molecular weight is 482 g/mol. The summed E-state index contributed by atoms with van der Waals surface area (Å²) in [6.45, 7) is 14.6. The van der Waals surface area contributed by atoms with Gasteiger partial charge in [-0.05, 0) is 59.7 Å². The van der Waals surface area contributed by atoms with Crippen molar-refractivity contribution in [1.29, 1.82) is 0 Å². The molecule has 1 aromatic carbocycles. The number of aryl methyl sites for hydroxylation is 2. The van der Waals surface area contributed by atoms with Gasteiger partial charge in [-0.1, -0.05) is 29.8 Å². The minimum atomic E-state index is -0.218. The van der Waals surface area contributed by atoms with Crippen molar-refractivity contribution in [2.75, 3.05) is 32.7 Å². The molecule has 2 aromatic heterocycles. The topological polar surface area (TPSA) is 81.3 Å². The summed E-state index contributed by atoms with van der Waals surface area (Å²) >= 11 is 1.58. The second-order valence-electron chi connectivity index (χ2n) is 10.3. The minimum absolute atomic E-state index is 0.0647. The first-order valence-corrected chi connectivity index (χ1v) is 12.8. The van der Waals surface area contributed by atoms with E-state index in [-0.39, 0.29) is 17.0 Å². The van der Waals surface area contributed by atoms with Gasteiger partial charge < -0.3 is 10.3 Å². The first-order chi connectivity index (χ1) is 16.1. The molecule has 7 nitrogen and oxygen atoms in total. The number of hydrogen-bond donors (Lipinski definition) is 2. The Morgan fingerprint density at radius 3 is 2.47 bits per heavy atom. The molecule has 1 amide bonds. The van der Waals surface area contributed by atoms with Crippen LogP contribution in [0.5, 0.6) is 0 Å². The maximum Gasteiger partial charge on any atom is 0.260 e. The highest BCUT2D eigenvalue weighted by Crippen LogP contribution is 2.35. The van der Waals surface area contributed by atoms with Gasteiger partial charge in [0.15, 0.2) is 0 Å². The molecule has 2 N–H and O–H groups in total. The lowest BCUT2D eigenvalue weighted by Crippen LogP contribution is -2.46. The number of benzene rings is 1. The first kappa shape index (κ1) is 24.6. The molecule has 0 unspecified atom stereocenters. The Balaban J connectivity index is 1.46. The van der Waals surface area contributed by atoms with E-state index in [9.17, 15) is 9.59 Å². The molecule has 182 valence electrons. The molecular weight excluding hydrogens is 446 g/mol. The Hall–Kier alpha value is -2.55. The number of aromatic nitrogens is 2. The van der Waals surface area contributed by atoms with Crippen LogP contribution in [0.1, 0.15) is 43.5 Å². The van der Waals surface area contributed by atoms with Gasteiger partial charge in [-0.25, -0.2) is 4.98 Å². The fourth-order valence-electron chi connectivity index (χ4n) is 4.52. The molecule has 0 radical (unpaired) electrons. The zero-order valence-electron chi connectivity index (χ0n) is 20.8. The second-order valence-corrected chi connectivity index (χ2v) is 11.5. The molecule has 34 heavy (non-hydrogen) atoms. The Bertz CT molecular complexity index is 1220. The number of nitrogens with zero attached hydrogens (tertiary/aromatic N) is 3. The Labute approximate surface area is 205 Å². The molecule has 0 saturated carbocycles. The predicted octanol–water partition coefficient (Wildman–Crippen LogP) is 3.69. The lowest BCUT2D eigenvalue weighted by Gasteiger charge is -2.25. The number of hydrogen-bond acceptors (Lipinski definition) is 6. The first-order valence-electron chi connectivity index (χ1n) is 11.9. The molecule has 0 aliphatic carbocycles. The third-order valence-corrected chi connectivity index (χ3v) is 7.06. The van der Waals surface area contributed by atoms with Gasteiger partial charge in [-0.3, -0.25) is 19.4 Å². The molecule has 0 bridgehead atoms. The smallest absolute Gasteiger partial charge is 0.260 e. The molecule has 3 heterocycles. The number of H-pyrrole nitrogens is 1. The summed E-state index contributed by atoms with van der Waals surface area (Å²) in [7, 11) is 0. The summed E-state index contributed by atoms with van der Waals surface area (Å²) < 4.78 is 0. The molecule has 0 spiro atoms. The lowest BCUT2D eigenvalue weighted by atomic mass is 10.0. The standard InChI is InChI=1S/C26H35N5O2S/c1-17-7-9-19(10-8-17)22-18(2)34-25-23(22)24(33)27-20(28-25)15-30-11-6-12-31(14-13-30)16-21(32)29-26(3,4)5/h7-10H,6,11-16H2,1-5H3,(H,29,32)(H,27,28,33). The third kappa shape index (κ3) is 5.92. The van der Waals surface area contributed by atoms with Crippen LogP contribution in [-0.4, -0.2) is 63.9 Å². The molecule has 8 heteroatoms. The zero-order chi connectivity index (χ0) is 24.5. The van der Waals surface area contributed by atoms with E-state index in [2.05, 4.69) is 58.2 Å². The van der Waals surface area contributed by atoms with Crippen LogP contribution in [0, 0.1) is 13.8 Å². The molecular formula is C26H35N5O2S. The maximum absolute atomic E-state index is 13.1. The highest BCUT2D eigenvalue weighted by atomic mass is 32.1. The minimum Gasteiger partial charge on any atom is -0.350 e. The van der Waals surface area contributed by atoms with Crippen molar-refractivity contribution < 1.29 is 4.79 Å². The lowest BCUT2D eigenvalue weighted by molar-refractivity contribution is -0.123. The normalized spacial score (nSPS) is 16.0. The van der Waals surface area contributed by atoms with Crippen molar-refractivity contribution in [1.82, 2.24) is 25.1 Å². The maximum atomic E-state index is 13.1. The van der Waals surface area contributed by atoms with E-state index in [1.165, 1.54) is 5.56 Å². The van der Waals surface area contributed by atoms with Crippen molar-refractivity contribution in [2.45, 2.75) is 53.1 Å². The SMILES string of the molecule is Cc1ccc(-c2c(C)sc3nc(CN4CCCN(CC(=O)NC(C)(C)C)CC4)[nH]c(=O)c23)cc1. The fourth-order valence-corrected chi connectivity index (χ4v) is 5.58. The number of fused-ring (bicyclic) bond motifs is 1. The predicted molar refractivity (Wildman–Crippen MR) is 139 cm³/mol. The number of amides is 1. The van der Waals surface area contributed by atoms with Crippen LogP contribution < -0.4 is 10.9 Å². The fraction of sp³-hybridized carbons (Fsp3) is 0.500. The highest BCUT2D eigenvalue weighted by Gasteiger charge is 2.21. The number of nitrogens with one attached hydrogen (secondary N) is 2. The summed E-state index contributed by atoms with van der Waals surface area (Å²) in [4.78, 5) is 39.7. The van der Waals surface area contributed by atoms with Crippen molar-refractivity contribution in [3.8, 4) is 11.1 Å². The summed E-state index contributed by atoms with van der Waals surface area (Å²) in [5, 5.41) is 3.72. The van der Waals surface area contributed by atoms with Gasteiger partial charge in [0.05, 0.1) is 18.5 Å². The largest absolute Gasteiger partial charge is 0.350 e. The van der Waals surface area contributed by atoms with Crippen molar-refractivity contribution in [2.24, 2.45) is 0 Å². The summed E-state index contributed by atoms with van der Waals surface area (Å²) in [6, 6.07) is 8.29. The average Bonchev–Trinajstić information content (AvgIpc) is 2.91. The van der Waals surface area contributed by atoms with Crippen molar-refractivity contribution >= 4 is 27.5 Å². The Morgan fingerprint density at radius 1 is 1.09 bits per heavy atom.